The molecule has 3 atom stereocenters. The van der Waals surface area contributed by atoms with Crippen molar-refractivity contribution in [2.75, 3.05) is 32.6 Å². The SMILES string of the molecule is COc1ccc(OC)c([C@@H]2[C@@H]3CCCC[C@@]3(O)CCN2CC(=O)Nc2cccc3ccccc23)c1. The summed E-state index contributed by atoms with van der Waals surface area (Å²) < 4.78 is 11.3. The second-order valence-electron chi connectivity index (χ2n) is 9.80. The van der Waals surface area contributed by atoms with Crippen LogP contribution in [-0.2, 0) is 4.79 Å². The van der Waals surface area contributed by atoms with Crippen molar-refractivity contribution in [2.24, 2.45) is 5.92 Å². The number of nitrogens with zero attached hydrogens (tertiary/aromatic N) is 1. The van der Waals surface area contributed by atoms with Gasteiger partial charge in [-0.05, 0) is 48.9 Å². The molecule has 2 fully saturated rings. The summed E-state index contributed by atoms with van der Waals surface area (Å²) in [4.78, 5) is 15.6. The van der Waals surface area contributed by atoms with E-state index in [4.69, 9.17) is 9.47 Å². The highest BCUT2D eigenvalue weighted by molar-refractivity contribution is 6.02. The summed E-state index contributed by atoms with van der Waals surface area (Å²) in [5.41, 5.74) is 1.06. The second kappa shape index (κ2) is 9.88. The van der Waals surface area contributed by atoms with Crippen LogP contribution < -0.4 is 14.8 Å². The molecule has 35 heavy (non-hydrogen) atoms. The minimum Gasteiger partial charge on any atom is -0.497 e. The summed E-state index contributed by atoms with van der Waals surface area (Å²) in [6, 6.07) is 19.7. The fourth-order valence-corrected chi connectivity index (χ4v) is 6.11. The van der Waals surface area contributed by atoms with Crippen molar-refractivity contribution in [1.29, 1.82) is 0 Å². The Morgan fingerprint density at radius 2 is 1.89 bits per heavy atom. The van der Waals surface area contributed by atoms with E-state index in [1.165, 1.54) is 0 Å². The Morgan fingerprint density at radius 1 is 1.06 bits per heavy atom. The van der Waals surface area contributed by atoms with Gasteiger partial charge in [0.1, 0.15) is 11.5 Å². The molecule has 0 aromatic heterocycles. The molecule has 6 nitrogen and oxygen atoms in total. The van der Waals surface area contributed by atoms with Crippen LogP contribution in [0, 0.1) is 5.92 Å². The van der Waals surface area contributed by atoms with Crippen molar-refractivity contribution in [3.05, 3.63) is 66.2 Å². The maximum absolute atomic E-state index is 13.3. The summed E-state index contributed by atoms with van der Waals surface area (Å²) in [5, 5.41) is 16.9. The smallest absolute Gasteiger partial charge is 0.238 e. The van der Waals surface area contributed by atoms with Crippen molar-refractivity contribution in [3.8, 4) is 11.5 Å². The fraction of sp³-hybridized carbons (Fsp3) is 0.414. The van der Waals surface area contributed by atoms with Gasteiger partial charge in [-0.3, -0.25) is 9.69 Å². The zero-order valence-electron chi connectivity index (χ0n) is 20.5. The predicted octanol–water partition coefficient (Wildman–Crippen LogP) is 5.16. The Labute approximate surface area is 206 Å². The lowest BCUT2D eigenvalue weighted by Gasteiger charge is -2.52. The third kappa shape index (κ3) is 4.60. The van der Waals surface area contributed by atoms with E-state index in [1.54, 1.807) is 14.2 Å². The molecule has 2 aliphatic rings. The molecule has 1 aliphatic heterocycles. The van der Waals surface area contributed by atoms with Gasteiger partial charge in [0.25, 0.3) is 0 Å². The minimum absolute atomic E-state index is 0.0244. The first-order valence-electron chi connectivity index (χ1n) is 12.5. The highest BCUT2D eigenvalue weighted by Crippen LogP contribution is 2.51. The maximum atomic E-state index is 13.3. The first kappa shape index (κ1) is 23.6. The largest absolute Gasteiger partial charge is 0.497 e. The molecule has 0 unspecified atom stereocenters. The van der Waals surface area contributed by atoms with Crippen LogP contribution in [0.4, 0.5) is 5.69 Å². The van der Waals surface area contributed by atoms with E-state index in [0.29, 0.717) is 13.0 Å². The first-order valence-corrected chi connectivity index (χ1v) is 12.5. The topological polar surface area (TPSA) is 71.0 Å². The molecule has 1 heterocycles. The molecule has 1 saturated carbocycles. The van der Waals surface area contributed by atoms with Crippen molar-refractivity contribution >= 4 is 22.4 Å². The van der Waals surface area contributed by atoms with Crippen molar-refractivity contribution in [3.63, 3.8) is 0 Å². The number of rotatable bonds is 6. The molecule has 0 spiro atoms. The number of benzene rings is 3. The molecule has 6 heteroatoms. The number of hydrogen-bond donors (Lipinski definition) is 2. The van der Waals surface area contributed by atoms with Crippen LogP contribution in [0.1, 0.15) is 43.7 Å². The lowest BCUT2D eigenvalue weighted by atomic mass is 9.66. The number of anilines is 1. The molecule has 2 N–H and O–H groups in total. The molecule has 184 valence electrons. The average Bonchev–Trinajstić information content (AvgIpc) is 2.88. The van der Waals surface area contributed by atoms with Crippen LogP contribution in [0.2, 0.25) is 0 Å². The summed E-state index contributed by atoms with van der Waals surface area (Å²) in [6.07, 6.45) is 4.50. The number of aliphatic hydroxyl groups is 1. The van der Waals surface area contributed by atoms with Gasteiger partial charge in [0, 0.05) is 35.1 Å². The monoisotopic (exact) mass is 474 g/mol. The van der Waals surface area contributed by atoms with E-state index >= 15 is 0 Å². The van der Waals surface area contributed by atoms with E-state index in [0.717, 1.165) is 59.2 Å². The molecule has 1 amide bonds. The number of carbonyl (C=O) groups excluding carboxylic acids is 1. The van der Waals surface area contributed by atoms with Crippen LogP contribution in [0.3, 0.4) is 0 Å². The zero-order valence-corrected chi connectivity index (χ0v) is 20.5. The number of nitrogens with one attached hydrogen (secondary N) is 1. The van der Waals surface area contributed by atoms with Gasteiger partial charge in [-0.2, -0.15) is 0 Å². The number of fused-ring (bicyclic) bond motifs is 2. The molecule has 0 bridgehead atoms. The summed E-state index contributed by atoms with van der Waals surface area (Å²) in [7, 11) is 3.32. The normalized spacial score (nSPS) is 24.5. The van der Waals surface area contributed by atoms with Gasteiger partial charge in [0.15, 0.2) is 0 Å². The average molecular weight is 475 g/mol. The van der Waals surface area contributed by atoms with E-state index in [2.05, 4.69) is 10.2 Å². The molecule has 0 radical (unpaired) electrons. The van der Waals surface area contributed by atoms with Crippen molar-refractivity contribution < 1.29 is 19.4 Å². The number of amides is 1. The standard InChI is InChI=1S/C29H34N2O4/c1-34-21-13-14-26(35-2)23(18-21)28-24-11-5-6-15-29(24,33)16-17-31(28)19-27(32)30-25-12-7-9-20-8-3-4-10-22(20)25/h3-4,7-10,12-14,18,24,28,33H,5-6,11,15-17,19H2,1-2H3,(H,30,32)/t24-,28+,29+/m0/s1. The number of carbonyl (C=O) groups is 1. The molecular weight excluding hydrogens is 440 g/mol. The van der Waals surface area contributed by atoms with E-state index in [9.17, 15) is 9.90 Å². The van der Waals surface area contributed by atoms with Crippen LogP contribution in [-0.4, -0.2) is 48.8 Å². The molecular formula is C29H34N2O4. The number of piperidine rings is 1. The van der Waals surface area contributed by atoms with Gasteiger partial charge in [0.2, 0.25) is 5.91 Å². The molecule has 5 rings (SSSR count). The molecule has 1 aliphatic carbocycles. The second-order valence-corrected chi connectivity index (χ2v) is 9.80. The van der Waals surface area contributed by atoms with Gasteiger partial charge in [-0.25, -0.2) is 0 Å². The van der Waals surface area contributed by atoms with E-state index in [1.807, 2.05) is 60.7 Å². The Hall–Kier alpha value is -3.09. The third-order valence-electron chi connectivity index (χ3n) is 7.84. The summed E-state index contributed by atoms with van der Waals surface area (Å²) >= 11 is 0. The van der Waals surface area contributed by atoms with Crippen LogP contribution in [0.25, 0.3) is 10.8 Å². The van der Waals surface area contributed by atoms with E-state index < -0.39 is 5.60 Å². The van der Waals surface area contributed by atoms with Crippen LogP contribution in [0.15, 0.2) is 60.7 Å². The Morgan fingerprint density at radius 3 is 2.71 bits per heavy atom. The van der Waals surface area contributed by atoms with Gasteiger partial charge in [-0.1, -0.05) is 49.2 Å². The Balaban J connectivity index is 1.46. The third-order valence-corrected chi connectivity index (χ3v) is 7.84. The van der Waals surface area contributed by atoms with E-state index in [-0.39, 0.29) is 24.4 Å². The maximum Gasteiger partial charge on any atom is 0.238 e. The van der Waals surface area contributed by atoms with Gasteiger partial charge < -0.3 is 19.9 Å². The lowest BCUT2D eigenvalue weighted by molar-refractivity contribution is -0.135. The summed E-state index contributed by atoms with van der Waals surface area (Å²) in [6.45, 7) is 0.877. The number of hydrogen-bond acceptors (Lipinski definition) is 5. The highest BCUT2D eigenvalue weighted by Gasteiger charge is 2.50. The Kier molecular flexibility index (Phi) is 6.67. The minimum atomic E-state index is -0.723. The molecule has 1 saturated heterocycles. The van der Waals surface area contributed by atoms with Gasteiger partial charge >= 0.3 is 0 Å². The number of likely N-dealkylation sites (tertiary alicyclic amines) is 1. The molecule has 3 aromatic rings. The van der Waals surface area contributed by atoms with Gasteiger partial charge in [0.05, 0.1) is 26.4 Å². The Bertz CT molecular complexity index is 1210. The zero-order chi connectivity index (χ0) is 24.4. The van der Waals surface area contributed by atoms with Crippen molar-refractivity contribution in [1.82, 2.24) is 4.90 Å². The van der Waals surface area contributed by atoms with Crippen molar-refractivity contribution in [2.45, 2.75) is 43.7 Å². The quantitative estimate of drug-likeness (QED) is 0.516. The lowest BCUT2D eigenvalue weighted by Crippen LogP contribution is -2.56. The highest BCUT2D eigenvalue weighted by atomic mass is 16.5. The van der Waals surface area contributed by atoms with Gasteiger partial charge in [-0.15, -0.1) is 0 Å². The number of methoxy groups -OCH3 is 2. The predicted molar refractivity (Wildman–Crippen MR) is 138 cm³/mol. The number of ether oxygens (including phenoxy) is 2. The molecule has 3 aromatic carbocycles. The fourth-order valence-electron chi connectivity index (χ4n) is 6.11. The van der Waals surface area contributed by atoms with Crippen LogP contribution >= 0.6 is 0 Å². The summed E-state index contributed by atoms with van der Waals surface area (Å²) in [5.74, 6) is 1.46. The van der Waals surface area contributed by atoms with Crippen LogP contribution in [0.5, 0.6) is 11.5 Å². The first-order chi connectivity index (χ1) is 17.0.